The molecule has 0 bridgehead atoms. The highest BCUT2D eigenvalue weighted by Crippen LogP contribution is 2.03. The van der Waals surface area contributed by atoms with Gasteiger partial charge in [0.2, 0.25) is 0 Å². The van der Waals surface area contributed by atoms with Gasteiger partial charge in [0.15, 0.2) is 0 Å². The first kappa shape index (κ1) is 17.4. The molecule has 0 aliphatic carbocycles. The summed E-state index contributed by atoms with van der Waals surface area (Å²) in [4.78, 5) is 19.1. The topological polar surface area (TPSA) is 82.2 Å². The van der Waals surface area contributed by atoms with Crippen molar-refractivity contribution in [2.75, 3.05) is 39.3 Å². The zero-order chi connectivity index (χ0) is 15.5. The number of carbonyl (C=O) groups is 1. The molecule has 0 unspecified atom stereocenters. The van der Waals surface area contributed by atoms with Gasteiger partial charge in [-0.15, -0.1) is 0 Å². The van der Waals surface area contributed by atoms with Crippen LogP contribution < -0.4 is 5.73 Å². The molecule has 1 aliphatic heterocycles. The molecule has 0 atom stereocenters. The summed E-state index contributed by atoms with van der Waals surface area (Å²) in [5.41, 5.74) is 5.64. The number of rotatable bonds is 8. The highest BCUT2D eigenvalue weighted by molar-refractivity contribution is 5.66. The van der Waals surface area contributed by atoms with E-state index in [4.69, 9.17) is 10.8 Å². The normalized spacial score (nSPS) is 18.8. The van der Waals surface area contributed by atoms with Gasteiger partial charge in [0.1, 0.15) is 5.82 Å². The van der Waals surface area contributed by atoms with E-state index in [0.717, 1.165) is 45.7 Å². The number of piperazine rings is 1. The van der Waals surface area contributed by atoms with E-state index < -0.39 is 5.97 Å². The van der Waals surface area contributed by atoms with Gasteiger partial charge < -0.3 is 15.7 Å². The van der Waals surface area contributed by atoms with Crippen LogP contribution in [0.3, 0.4) is 0 Å². The van der Waals surface area contributed by atoms with Crippen molar-refractivity contribution >= 4 is 12.2 Å². The van der Waals surface area contributed by atoms with Crippen molar-refractivity contribution in [3.05, 3.63) is 24.0 Å². The predicted molar refractivity (Wildman–Crippen MR) is 85.3 cm³/mol. The van der Waals surface area contributed by atoms with Crippen molar-refractivity contribution in [2.24, 2.45) is 10.7 Å². The average molecular weight is 294 g/mol. The van der Waals surface area contributed by atoms with E-state index in [1.165, 1.54) is 0 Å². The number of nitrogens with two attached hydrogens (primary N) is 1. The molecule has 118 valence electrons. The summed E-state index contributed by atoms with van der Waals surface area (Å²) >= 11 is 0. The Kier molecular flexibility index (Phi) is 8.38. The number of nitrogens with zero attached hydrogens (tertiary/aromatic N) is 3. The lowest BCUT2D eigenvalue weighted by Crippen LogP contribution is -2.46. The Labute approximate surface area is 126 Å². The second kappa shape index (κ2) is 10.1. The number of allylic oxidation sites excluding steroid dienone is 2. The molecule has 0 spiro atoms. The van der Waals surface area contributed by atoms with Crippen molar-refractivity contribution in [1.82, 2.24) is 9.80 Å². The van der Waals surface area contributed by atoms with Crippen molar-refractivity contribution in [1.29, 1.82) is 0 Å². The molecule has 6 nitrogen and oxygen atoms in total. The Morgan fingerprint density at radius 1 is 1.29 bits per heavy atom. The van der Waals surface area contributed by atoms with Crippen molar-refractivity contribution in [3.8, 4) is 0 Å². The fraction of sp³-hybridized carbons (Fsp3) is 0.600. The van der Waals surface area contributed by atoms with Crippen LogP contribution in [0.5, 0.6) is 0 Å². The van der Waals surface area contributed by atoms with Crippen LogP contribution in [0.4, 0.5) is 0 Å². The summed E-state index contributed by atoms with van der Waals surface area (Å²) in [5.74, 6) is -0.199. The Morgan fingerprint density at radius 2 is 1.95 bits per heavy atom. The minimum atomic E-state index is -0.710. The Morgan fingerprint density at radius 3 is 2.57 bits per heavy atom. The predicted octanol–water partition coefficient (Wildman–Crippen LogP) is 0.916. The van der Waals surface area contributed by atoms with Crippen molar-refractivity contribution in [3.63, 3.8) is 0 Å². The molecule has 1 heterocycles. The molecule has 1 aliphatic rings. The lowest BCUT2D eigenvalue weighted by atomic mass is 10.2. The van der Waals surface area contributed by atoms with Crippen LogP contribution in [0.15, 0.2) is 29.0 Å². The first-order valence-corrected chi connectivity index (χ1v) is 7.39. The SMILES string of the molecule is CC=N/C(N)=C\C=C\CN1CCN(CCCC(=O)O)CC1. The second-order valence-electron chi connectivity index (χ2n) is 5.05. The molecule has 0 aromatic carbocycles. The van der Waals surface area contributed by atoms with Gasteiger partial charge in [-0.3, -0.25) is 9.69 Å². The summed E-state index contributed by atoms with van der Waals surface area (Å²) in [6, 6.07) is 0. The van der Waals surface area contributed by atoms with Crippen LogP contribution in [-0.4, -0.2) is 66.4 Å². The van der Waals surface area contributed by atoms with E-state index >= 15 is 0 Å². The van der Waals surface area contributed by atoms with E-state index in [1.807, 2.05) is 13.0 Å². The number of carboxylic acid groups (broad SMARTS) is 1. The number of hydrogen-bond acceptors (Lipinski definition) is 5. The van der Waals surface area contributed by atoms with Crippen molar-refractivity contribution in [2.45, 2.75) is 19.8 Å². The second-order valence-corrected chi connectivity index (χ2v) is 5.05. The Hall–Kier alpha value is -1.66. The van der Waals surface area contributed by atoms with Crippen LogP contribution >= 0.6 is 0 Å². The molecular weight excluding hydrogens is 268 g/mol. The third-order valence-electron chi connectivity index (χ3n) is 3.37. The first-order valence-electron chi connectivity index (χ1n) is 7.39. The number of aliphatic imine (C=N–C) groups is 1. The summed E-state index contributed by atoms with van der Waals surface area (Å²) < 4.78 is 0. The van der Waals surface area contributed by atoms with E-state index in [9.17, 15) is 4.79 Å². The molecule has 0 radical (unpaired) electrons. The summed E-state index contributed by atoms with van der Waals surface area (Å²) in [5, 5.41) is 8.62. The largest absolute Gasteiger partial charge is 0.481 e. The quantitative estimate of drug-likeness (QED) is 0.514. The molecule has 1 saturated heterocycles. The van der Waals surface area contributed by atoms with E-state index in [-0.39, 0.29) is 6.42 Å². The zero-order valence-corrected chi connectivity index (χ0v) is 12.7. The third kappa shape index (κ3) is 8.27. The third-order valence-corrected chi connectivity index (χ3v) is 3.37. The van der Waals surface area contributed by atoms with Crippen LogP contribution in [0.25, 0.3) is 0 Å². The maximum absolute atomic E-state index is 10.5. The average Bonchev–Trinajstić information content (AvgIpc) is 2.45. The van der Waals surface area contributed by atoms with Crippen LogP contribution in [0, 0.1) is 0 Å². The van der Waals surface area contributed by atoms with Crippen LogP contribution in [0.1, 0.15) is 19.8 Å². The van der Waals surface area contributed by atoms with E-state index in [2.05, 4.69) is 20.9 Å². The van der Waals surface area contributed by atoms with Gasteiger partial charge in [-0.25, -0.2) is 4.99 Å². The molecule has 3 N–H and O–H groups in total. The molecule has 1 fully saturated rings. The van der Waals surface area contributed by atoms with Gasteiger partial charge in [-0.1, -0.05) is 12.2 Å². The first-order chi connectivity index (χ1) is 10.1. The van der Waals surface area contributed by atoms with Crippen molar-refractivity contribution < 1.29 is 9.90 Å². The fourth-order valence-corrected chi connectivity index (χ4v) is 2.22. The number of aliphatic carboxylic acids is 1. The molecule has 0 aromatic heterocycles. The monoisotopic (exact) mass is 294 g/mol. The molecule has 0 aromatic rings. The van der Waals surface area contributed by atoms with Gasteiger partial charge >= 0.3 is 5.97 Å². The lowest BCUT2D eigenvalue weighted by molar-refractivity contribution is -0.137. The fourth-order valence-electron chi connectivity index (χ4n) is 2.22. The molecule has 21 heavy (non-hydrogen) atoms. The van der Waals surface area contributed by atoms with Gasteiger partial charge in [-0.2, -0.15) is 0 Å². The zero-order valence-electron chi connectivity index (χ0n) is 12.7. The Bertz CT molecular complexity index is 396. The van der Waals surface area contributed by atoms with E-state index in [1.54, 1.807) is 12.3 Å². The standard InChI is InChI=1S/C15H26N4O2/c1-2-17-14(16)6-3-4-8-18-10-12-19(13-11-18)9-5-7-15(20)21/h2-4,6H,5,7-13,16H2,1H3,(H,20,21)/b4-3+,14-6-,17-2?. The smallest absolute Gasteiger partial charge is 0.303 e. The summed E-state index contributed by atoms with van der Waals surface area (Å²) in [7, 11) is 0. The van der Waals surface area contributed by atoms with Gasteiger partial charge in [-0.05, 0) is 26.0 Å². The summed E-state index contributed by atoms with van der Waals surface area (Å²) in [6.07, 6.45) is 8.47. The van der Waals surface area contributed by atoms with E-state index in [0.29, 0.717) is 5.82 Å². The minimum Gasteiger partial charge on any atom is -0.481 e. The number of hydrogen-bond donors (Lipinski definition) is 2. The minimum absolute atomic E-state index is 0.261. The van der Waals surface area contributed by atoms with Gasteiger partial charge in [0, 0.05) is 45.4 Å². The maximum atomic E-state index is 10.5. The molecule has 0 amide bonds. The molecular formula is C15H26N4O2. The van der Waals surface area contributed by atoms with Gasteiger partial charge in [0.25, 0.3) is 0 Å². The maximum Gasteiger partial charge on any atom is 0.303 e. The summed E-state index contributed by atoms with van der Waals surface area (Å²) in [6.45, 7) is 7.66. The van der Waals surface area contributed by atoms with Crippen LogP contribution in [-0.2, 0) is 4.79 Å². The Balaban J connectivity index is 2.17. The highest BCUT2D eigenvalue weighted by Gasteiger charge is 2.15. The highest BCUT2D eigenvalue weighted by atomic mass is 16.4. The molecule has 1 rings (SSSR count). The number of carboxylic acids is 1. The molecule has 0 saturated carbocycles. The lowest BCUT2D eigenvalue weighted by Gasteiger charge is -2.34. The van der Waals surface area contributed by atoms with Gasteiger partial charge in [0.05, 0.1) is 0 Å². The van der Waals surface area contributed by atoms with Crippen LogP contribution in [0.2, 0.25) is 0 Å². The molecule has 6 heteroatoms.